The predicted molar refractivity (Wildman–Crippen MR) is 83.9 cm³/mol. The maximum absolute atomic E-state index is 11.8. The molecule has 9 heteroatoms. The van der Waals surface area contributed by atoms with E-state index in [4.69, 9.17) is 25.6 Å². The van der Waals surface area contributed by atoms with Gasteiger partial charge in [-0.05, 0) is 31.6 Å². The largest absolute Gasteiger partial charge is 0.522 e. The molecular weight excluding hydrogens is 353 g/mol. The second-order valence-corrected chi connectivity index (χ2v) is 8.14. The minimum atomic E-state index is -5.84. The van der Waals surface area contributed by atoms with Gasteiger partial charge in [0.2, 0.25) is 0 Å². The van der Waals surface area contributed by atoms with Gasteiger partial charge in [0.15, 0.2) is 0 Å². The Labute approximate surface area is 140 Å². The van der Waals surface area contributed by atoms with Crippen molar-refractivity contribution in [1.29, 1.82) is 0 Å². The van der Waals surface area contributed by atoms with Crippen LogP contribution in [0.25, 0.3) is 0 Å². The molecule has 0 amide bonds. The minimum Gasteiger partial charge on any atom is -0.299 e. The first-order valence-corrected chi connectivity index (χ1v) is 9.74. The molecule has 2 aliphatic rings. The second-order valence-electron chi connectivity index (χ2n) is 6.13. The van der Waals surface area contributed by atoms with Crippen molar-refractivity contribution >= 4 is 28.5 Å². The summed E-state index contributed by atoms with van der Waals surface area (Å²) >= 11 is 4.75. The highest BCUT2D eigenvalue weighted by atomic mass is 32.2. The highest BCUT2D eigenvalue weighted by Crippen LogP contribution is 2.36. The third-order valence-corrected chi connectivity index (χ3v) is 5.81. The molecule has 0 aromatic heterocycles. The van der Waals surface area contributed by atoms with E-state index in [1.807, 2.05) is 0 Å². The van der Waals surface area contributed by atoms with E-state index in [0.29, 0.717) is 17.0 Å². The molecule has 0 aromatic rings. The molecule has 0 aliphatic heterocycles. The third kappa shape index (κ3) is 6.62. The number of halogens is 3. The van der Waals surface area contributed by atoms with Crippen LogP contribution in [0.3, 0.4) is 0 Å². The lowest BCUT2D eigenvalue weighted by molar-refractivity contribution is -0.124. The van der Waals surface area contributed by atoms with E-state index in [2.05, 4.69) is 0 Å². The molecule has 136 valence electrons. The molecule has 0 heterocycles. The Hall–Kier alpha value is -0.280. The molecule has 2 unspecified atom stereocenters. The van der Waals surface area contributed by atoms with Crippen LogP contribution in [0.1, 0.15) is 57.8 Å². The highest BCUT2D eigenvalue weighted by molar-refractivity contribution is 7.86. The first kappa shape index (κ1) is 20.8. The molecule has 1 N–H and O–H groups in total. The monoisotopic (exact) mass is 376 g/mol. The van der Waals surface area contributed by atoms with E-state index in [1.54, 1.807) is 0 Å². The topological polar surface area (TPSA) is 71.4 Å². The van der Waals surface area contributed by atoms with Gasteiger partial charge in [-0.3, -0.25) is 9.35 Å². The van der Waals surface area contributed by atoms with E-state index < -0.39 is 15.6 Å². The molecule has 2 saturated carbocycles. The van der Waals surface area contributed by atoms with E-state index in [-0.39, 0.29) is 5.92 Å². The van der Waals surface area contributed by atoms with Crippen molar-refractivity contribution in [2.45, 2.75) is 68.5 Å². The number of ketones is 1. The van der Waals surface area contributed by atoms with Gasteiger partial charge in [0, 0.05) is 17.6 Å². The average molecular weight is 376 g/mol. The molecule has 0 bridgehead atoms. The molecule has 0 aromatic carbocycles. The van der Waals surface area contributed by atoms with Gasteiger partial charge in [-0.15, -0.1) is 0 Å². The van der Waals surface area contributed by atoms with Gasteiger partial charge in [0.25, 0.3) is 0 Å². The Morgan fingerprint density at radius 1 is 1.04 bits per heavy atom. The fraction of sp³-hybridized carbons (Fsp3) is 0.929. The fourth-order valence-electron chi connectivity index (χ4n) is 3.18. The molecule has 4 nitrogen and oxygen atoms in total. The first-order chi connectivity index (χ1) is 10.5. The van der Waals surface area contributed by atoms with E-state index in [9.17, 15) is 18.0 Å². The summed E-state index contributed by atoms with van der Waals surface area (Å²) in [6, 6.07) is 0. The molecular formula is C14H23F3O4S2. The summed E-state index contributed by atoms with van der Waals surface area (Å²) < 4.78 is 57.5. The summed E-state index contributed by atoms with van der Waals surface area (Å²) in [5, 5.41) is 0.359. The highest BCUT2D eigenvalue weighted by Gasteiger charge is 2.44. The summed E-state index contributed by atoms with van der Waals surface area (Å²) in [5.74, 6) is 1.49. The van der Waals surface area contributed by atoms with Crippen LogP contribution in [-0.4, -0.2) is 29.5 Å². The Balaban J connectivity index is 0.000000284. The lowest BCUT2D eigenvalue weighted by Gasteiger charge is -2.33. The summed E-state index contributed by atoms with van der Waals surface area (Å²) in [6.45, 7) is 0. The SMILES string of the molecule is O=C1CCCCC1C(S)C1CCCCC1.O=S(=O)(O)C(F)(F)F. The van der Waals surface area contributed by atoms with Crippen LogP contribution in [0.2, 0.25) is 0 Å². The Kier molecular flexibility index (Phi) is 7.86. The molecule has 2 rings (SSSR count). The zero-order chi connectivity index (χ0) is 17.7. The zero-order valence-corrected chi connectivity index (χ0v) is 14.5. The lowest BCUT2D eigenvalue weighted by atomic mass is 9.76. The molecule has 0 spiro atoms. The van der Waals surface area contributed by atoms with Crippen LogP contribution in [-0.2, 0) is 14.9 Å². The number of Topliss-reactive ketones (excluding diaryl/α,β-unsaturated/α-hetero) is 1. The van der Waals surface area contributed by atoms with Crippen molar-refractivity contribution in [1.82, 2.24) is 0 Å². The summed E-state index contributed by atoms with van der Waals surface area (Å²) in [5.41, 5.74) is -5.53. The maximum atomic E-state index is 11.8. The van der Waals surface area contributed by atoms with Gasteiger partial charge in [-0.25, -0.2) is 0 Å². The number of carbonyl (C=O) groups is 1. The van der Waals surface area contributed by atoms with Gasteiger partial charge in [0.05, 0.1) is 0 Å². The average Bonchev–Trinajstić information content (AvgIpc) is 2.46. The number of rotatable bonds is 2. The van der Waals surface area contributed by atoms with E-state index in [1.165, 1.54) is 38.5 Å². The number of hydrogen-bond acceptors (Lipinski definition) is 4. The summed E-state index contributed by atoms with van der Waals surface area (Å²) in [7, 11) is -5.84. The molecule has 2 atom stereocenters. The van der Waals surface area contributed by atoms with Crippen LogP contribution in [0.15, 0.2) is 0 Å². The number of thiol groups is 1. The fourth-order valence-corrected chi connectivity index (χ4v) is 3.79. The second kappa shape index (κ2) is 8.71. The third-order valence-electron chi connectivity index (χ3n) is 4.44. The van der Waals surface area contributed by atoms with Crippen molar-refractivity contribution < 1.29 is 30.9 Å². The standard InChI is InChI=1S/C13H22OS.CHF3O3S/c14-12-9-5-4-8-11(12)13(15)10-6-2-1-3-7-10;2-1(3,4)8(5,6)7/h10-11,13,15H,1-9H2;(H,5,6,7). The molecule has 2 fully saturated rings. The smallest absolute Gasteiger partial charge is 0.299 e. The number of alkyl halides is 3. The number of hydrogen-bond donors (Lipinski definition) is 2. The first-order valence-electron chi connectivity index (χ1n) is 7.78. The lowest BCUT2D eigenvalue weighted by Crippen LogP contribution is -2.33. The van der Waals surface area contributed by atoms with Gasteiger partial charge in [-0.2, -0.15) is 34.2 Å². The summed E-state index contributed by atoms with van der Waals surface area (Å²) in [6.07, 6.45) is 11.0. The van der Waals surface area contributed by atoms with E-state index >= 15 is 0 Å². The van der Waals surface area contributed by atoms with Gasteiger partial charge in [0.1, 0.15) is 5.78 Å². The Morgan fingerprint density at radius 3 is 1.96 bits per heavy atom. The van der Waals surface area contributed by atoms with E-state index in [0.717, 1.165) is 19.3 Å². The Bertz CT molecular complexity index is 485. The van der Waals surface area contributed by atoms with Crippen LogP contribution in [0, 0.1) is 11.8 Å². The normalized spacial score (nSPS) is 25.4. The van der Waals surface area contributed by atoms with Gasteiger partial charge >= 0.3 is 15.6 Å². The molecule has 23 heavy (non-hydrogen) atoms. The van der Waals surface area contributed by atoms with Crippen LogP contribution in [0.5, 0.6) is 0 Å². The van der Waals surface area contributed by atoms with Crippen molar-refractivity contribution in [2.24, 2.45) is 11.8 Å². The van der Waals surface area contributed by atoms with Gasteiger partial charge in [-0.1, -0.05) is 25.7 Å². The molecule has 2 aliphatic carbocycles. The quantitative estimate of drug-likeness (QED) is 0.434. The molecule has 0 radical (unpaired) electrons. The summed E-state index contributed by atoms with van der Waals surface area (Å²) in [4.78, 5) is 11.8. The van der Waals surface area contributed by atoms with Crippen LogP contribution in [0.4, 0.5) is 13.2 Å². The molecule has 0 saturated heterocycles. The Morgan fingerprint density at radius 2 is 1.52 bits per heavy atom. The minimum absolute atomic E-state index is 0.283. The van der Waals surface area contributed by atoms with Crippen molar-refractivity contribution in [3.63, 3.8) is 0 Å². The maximum Gasteiger partial charge on any atom is 0.522 e. The number of carbonyl (C=O) groups excluding carboxylic acids is 1. The van der Waals surface area contributed by atoms with Crippen molar-refractivity contribution in [3.8, 4) is 0 Å². The van der Waals surface area contributed by atoms with Crippen LogP contribution >= 0.6 is 12.6 Å². The van der Waals surface area contributed by atoms with Gasteiger partial charge < -0.3 is 0 Å². The predicted octanol–water partition coefficient (Wildman–Crippen LogP) is 4.02. The van der Waals surface area contributed by atoms with Crippen molar-refractivity contribution in [3.05, 3.63) is 0 Å². The van der Waals surface area contributed by atoms with Crippen LogP contribution < -0.4 is 0 Å². The zero-order valence-electron chi connectivity index (χ0n) is 12.8. The van der Waals surface area contributed by atoms with Crippen molar-refractivity contribution in [2.75, 3.05) is 0 Å².